The second-order valence-corrected chi connectivity index (χ2v) is 4.64. The predicted octanol–water partition coefficient (Wildman–Crippen LogP) is 1.74. The third-order valence-corrected chi connectivity index (χ3v) is 3.04. The molecule has 1 amide bonds. The van der Waals surface area contributed by atoms with Gasteiger partial charge in [0.25, 0.3) is 0 Å². The van der Waals surface area contributed by atoms with Crippen molar-refractivity contribution in [3.63, 3.8) is 0 Å². The highest BCUT2D eigenvalue weighted by Crippen LogP contribution is 2.20. The minimum atomic E-state index is -1.00. The Balaban J connectivity index is 2.56. The van der Waals surface area contributed by atoms with Crippen LogP contribution in [-0.2, 0) is 9.59 Å². The number of hydrogen-bond acceptors (Lipinski definition) is 3. The second-order valence-electron chi connectivity index (χ2n) is 4.64. The summed E-state index contributed by atoms with van der Waals surface area (Å²) in [5, 5.41) is 11.4. The van der Waals surface area contributed by atoms with Gasteiger partial charge in [-0.3, -0.25) is 4.79 Å². The van der Waals surface area contributed by atoms with Crippen LogP contribution in [-0.4, -0.2) is 23.0 Å². The smallest absolute Gasteiger partial charge is 0.326 e. The van der Waals surface area contributed by atoms with Gasteiger partial charge in [0.1, 0.15) is 6.04 Å². The van der Waals surface area contributed by atoms with E-state index in [4.69, 9.17) is 10.8 Å². The zero-order chi connectivity index (χ0) is 14.4. The van der Waals surface area contributed by atoms with Gasteiger partial charge in [0, 0.05) is 12.1 Å². The number of rotatable bonds is 6. The Kier molecular flexibility index (Phi) is 5.36. The number of carbonyl (C=O) groups is 2. The quantitative estimate of drug-likeness (QED) is 0.682. The van der Waals surface area contributed by atoms with Crippen LogP contribution in [0.1, 0.15) is 38.2 Å². The highest BCUT2D eigenvalue weighted by atomic mass is 16.4. The molecule has 0 fully saturated rings. The van der Waals surface area contributed by atoms with Crippen molar-refractivity contribution in [1.82, 2.24) is 5.32 Å². The number of nitrogens with two attached hydrogens (primary N) is 1. The number of carboxylic acid groups (broad SMARTS) is 1. The van der Waals surface area contributed by atoms with Gasteiger partial charge in [-0.25, -0.2) is 4.79 Å². The fourth-order valence-electron chi connectivity index (χ4n) is 1.81. The number of benzene rings is 1. The monoisotopic (exact) mass is 264 g/mol. The maximum absolute atomic E-state index is 11.8. The summed E-state index contributed by atoms with van der Waals surface area (Å²) in [6, 6.07) is 6.51. The molecule has 1 rings (SSSR count). The lowest BCUT2D eigenvalue weighted by atomic mass is 9.97. The summed E-state index contributed by atoms with van der Waals surface area (Å²) >= 11 is 0. The summed E-state index contributed by atoms with van der Waals surface area (Å²) in [4.78, 5) is 22.6. The molecular formula is C14H20N2O3. The van der Waals surface area contributed by atoms with E-state index in [0.29, 0.717) is 12.1 Å². The fraction of sp³-hybridized carbons (Fsp3) is 0.429. The molecule has 5 nitrogen and oxygen atoms in total. The summed E-state index contributed by atoms with van der Waals surface area (Å²) < 4.78 is 0. The third kappa shape index (κ3) is 4.62. The van der Waals surface area contributed by atoms with Gasteiger partial charge < -0.3 is 16.2 Å². The van der Waals surface area contributed by atoms with Crippen molar-refractivity contribution < 1.29 is 14.7 Å². The van der Waals surface area contributed by atoms with E-state index in [2.05, 4.69) is 5.32 Å². The molecule has 0 radical (unpaired) electrons. The average Bonchev–Trinajstić information content (AvgIpc) is 2.36. The molecule has 0 bridgehead atoms. The number of carboxylic acids is 1. The minimum Gasteiger partial charge on any atom is -0.480 e. The summed E-state index contributed by atoms with van der Waals surface area (Å²) in [5.74, 6) is -1.23. The minimum absolute atomic E-state index is 0.0203. The Morgan fingerprint density at radius 3 is 2.37 bits per heavy atom. The van der Waals surface area contributed by atoms with E-state index < -0.39 is 12.0 Å². The molecule has 1 aromatic rings. The number of anilines is 1. The number of aliphatic carboxylic acids is 1. The van der Waals surface area contributed by atoms with Gasteiger partial charge in [0.2, 0.25) is 5.91 Å². The number of nitrogens with one attached hydrogen (secondary N) is 1. The van der Waals surface area contributed by atoms with Crippen molar-refractivity contribution in [3.05, 3.63) is 29.8 Å². The van der Waals surface area contributed by atoms with E-state index in [1.807, 2.05) is 19.1 Å². The van der Waals surface area contributed by atoms with Crippen LogP contribution >= 0.6 is 0 Å². The van der Waals surface area contributed by atoms with Crippen molar-refractivity contribution in [3.8, 4) is 0 Å². The molecule has 0 heterocycles. The number of amides is 1. The van der Waals surface area contributed by atoms with Crippen molar-refractivity contribution in [2.75, 3.05) is 5.73 Å². The molecule has 0 spiro atoms. The van der Waals surface area contributed by atoms with Gasteiger partial charge in [-0.05, 0) is 30.0 Å². The van der Waals surface area contributed by atoms with E-state index in [9.17, 15) is 9.59 Å². The first-order valence-corrected chi connectivity index (χ1v) is 6.31. The Morgan fingerprint density at radius 2 is 1.89 bits per heavy atom. The summed E-state index contributed by atoms with van der Waals surface area (Å²) in [6.45, 7) is 3.65. The highest BCUT2D eigenvalue weighted by molar-refractivity contribution is 5.83. The van der Waals surface area contributed by atoms with Crippen LogP contribution in [0, 0.1) is 0 Å². The Bertz CT molecular complexity index is 443. The van der Waals surface area contributed by atoms with Crippen molar-refractivity contribution in [1.29, 1.82) is 0 Å². The first-order chi connectivity index (χ1) is 8.93. The van der Waals surface area contributed by atoms with Crippen LogP contribution in [0.2, 0.25) is 0 Å². The second kappa shape index (κ2) is 6.78. The number of carbonyl (C=O) groups excluding carboxylic acids is 1. The molecule has 19 heavy (non-hydrogen) atoms. The van der Waals surface area contributed by atoms with Crippen LogP contribution in [0.3, 0.4) is 0 Å². The molecule has 0 aliphatic rings. The van der Waals surface area contributed by atoms with Gasteiger partial charge in [0.15, 0.2) is 0 Å². The molecule has 0 aliphatic carbocycles. The largest absolute Gasteiger partial charge is 0.480 e. The molecule has 1 unspecified atom stereocenters. The average molecular weight is 264 g/mol. The van der Waals surface area contributed by atoms with E-state index in [1.165, 1.54) is 0 Å². The van der Waals surface area contributed by atoms with Crippen LogP contribution in [0.15, 0.2) is 24.3 Å². The molecule has 5 heteroatoms. The molecule has 0 saturated carbocycles. The van der Waals surface area contributed by atoms with E-state index >= 15 is 0 Å². The molecule has 0 aromatic heterocycles. The zero-order valence-electron chi connectivity index (χ0n) is 11.2. The van der Waals surface area contributed by atoms with Crippen LogP contribution in [0.5, 0.6) is 0 Å². The lowest BCUT2D eigenvalue weighted by molar-refractivity contribution is -0.141. The maximum Gasteiger partial charge on any atom is 0.326 e. The van der Waals surface area contributed by atoms with E-state index in [-0.39, 0.29) is 18.2 Å². The van der Waals surface area contributed by atoms with Crippen molar-refractivity contribution in [2.45, 2.75) is 38.6 Å². The molecule has 0 aliphatic heterocycles. The molecule has 0 saturated heterocycles. The predicted molar refractivity (Wildman–Crippen MR) is 73.7 cm³/mol. The lowest BCUT2D eigenvalue weighted by Crippen LogP contribution is -2.40. The SMILES string of the molecule is CC[C@H](NC(=O)CC(C)c1ccc(N)cc1)C(=O)O. The van der Waals surface area contributed by atoms with Gasteiger partial charge in [-0.1, -0.05) is 26.0 Å². The van der Waals surface area contributed by atoms with Gasteiger partial charge in [0.05, 0.1) is 0 Å². The summed E-state index contributed by atoms with van der Waals surface area (Å²) in [5.41, 5.74) is 7.29. The summed E-state index contributed by atoms with van der Waals surface area (Å²) in [6.07, 6.45) is 0.630. The highest BCUT2D eigenvalue weighted by Gasteiger charge is 2.19. The topological polar surface area (TPSA) is 92.4 Å². The third-order valence-electron chi connectivity index (χ3n) is 3.04. The van der Waals surface area contributed by atoms with Crippen LogP contribution in [0.25, 0.3) is 0 Å². The number of nitrogen functional groups attached to an aromatic ring is 1. The first-order valence-electron chi connectivity index (χ1n) is 6.31. The van der Waals surface area contributed by atoms with Crippen molar-refractivity contribution >= 4 is 17.6 Å². The van der Waals surface area contributed by atoms with E-state index in [0.717, 1.165) is 5.56 Å². The lowest BCUT2D eigenvalue weighted by Gasteiger charge is -2.15. The molecular weight excluding hydrogens is 244 g/mol. The first kappa shape index (κ1) is 15.0. The van der Waals surface area contributed by atoms with Gasteiger partial charge in [-0.2, -0.15) is 0 Å². The fourth-order valence-corrected chi connectivity index (χ4v) is 1.81. The number of hydrogen-bond donors (Lipinski definition) is 3. The molecule has 1 aromatic carbocycles. The molecule has 104 valence electrons. The van der Waals surface area contributed by atoms with Crippen molar-refractivity contribution in [2.24, 2.45) is 0 Å². The molecule has 2 atom stereocenters. The Morgan fingerprint density at radius 1 is 1.32 bits per heavy atom. The van der Waals surface area contributed by atoms with Gasteiger partial charge in [-0.15, -0.1) is 0 Å². The Labute approximate surface area is 112 Å². The standard InChI is InChI=1S/C14H20N2O3/c1-3-12(14(18)19)16-13(17)8-9(2)10-4-6-11(15)7-5-10/h4-7,9,12H,3,8,15H2,1-2H3,(H,16,17)(H,18,19)/t9?,12-/m0/s1. The Hall–Kier alpha value is -2.04. The zero-order valence-corrected chi connectivity index (χ0v) is 11.2. The summed E-state index contributed by atoms with van der Waals surface area (Å²) in [7, 11) is 0. The molecule has 4 N–H and O–H groups in total. The van der Waals surface area contributed by atoms with Gasteiger partial charge >= 0.3 is 5.97 Å². The van der Waals surface area contributed by atoms with Crippen LogP contribution in [0.4, 0.5) is 5.69 Å². The maximum atomic E-state index is 11.8. The van der Waals surface area contributed by atoms with E-state index in [1.54, 1.807) is 19.1 Å². The normalized spacial score (nSPS) is 13.6. The van der Waals surface area contributed by atoms with Crippen LogP contribution < -0.4 is 11.1 Å².